The van der Waals surface area contributed by atoms with Crippen molar-refractivity contribution in [3.05, 3.63) is 47.5 Å². The summed E-state index contributed by atoms with van der Waals surface area (Å²) in [7, 11) is -8.06. The zero-order valence-corrected chi connectivity index (χ0v) is 18.2. The third-order valence-corrected chi connectivity index (χ3v) is 6.50. The van der Waals surface area contributed by atoms with Gasteiger partial charge in [-0.05, 0) is 36.8 Å². The van der Waals surface area contributed by atoms with Crippen molar-refractivity contribution in [1.82, 2.24) is 0 Å². The number of hydrogen-bond donors (Lipinski definition) is 3. The van der Waals surface area contributed by atoms with Gasteiger partial charge in [0.2, 0.25) is 0 Å². The molecule has 3 aromatic carbocycles. The number of carbonyl (C=O) groups is 1. The molecule has 0 aliphatic carbocycles. The van der Waals surface area contributed by atoms with Crippen molar-refractivity contribution < 1.29 is 40.6 Å². The van der Waals surface area contributed by atoms with Crippen molar-refractivity contribution in [1.29, 1.82) is 0 Å². The summed E-state index contributed by atoms with van der Waals surface area (Å²) in [4.78, 5) is 10.2. The van der Waals surface area contributed by atoms with Gasteiger partial charge in [0.25, 0.3) is 20.2 Å². The second kappa shape index (κ2) is 8.27. The van der Waals surface area contributed by atoms with E-state index in [2.05, 4.69) is 10.2 Å². The van der Waals surface area contributed by atoms with Gasteiger partial charge in [0, 0.05) is 22.4 Å². The van der Waals surface area contributed by atoms with E-state index in [0.29, 0.717) is 0 Å². The Hall–Kier alpha value is -3.39. The first kappa shape index (κ1) is 23.3. The van der Waals surface area contributed by atoms with Crippen LogP contribution in [0.3, 0.4) is 0 Å². The number of rotatable bonds is 6. The lowest BCUT2D eigenvalue weighted by Gasteiger charge is -2.10. The summed E-state index contributed by atoms with van der Waals surface area (Å²) in [5.74, 6) is -0.430. The first-order valence-corrected chi connectivity index (χ1v) is 11.6. The highest BCUT2D eigenvalue weighted by atomic mass is 32.2. The Balaban J connectivity index is 2.25. The van der Waals surface area contributed by atoms with Crippen LogP contribution in [-0.2, 0) is 20.2 Å². The molecule has 3 N–H and O–H groups in total. The summed E-state index contributed by atoms with van der Waals surface area (Å²) >= 11 is 0. The Morgan fingerprint density at radius 3 is 2.16 bits per heavy atom. The molecule has 3 rings (SSSR count). The maximum atomic E-state index is 11.8. The number of phenolic OH excluding ortho intramolecular Hbond substituents is 1. The molecular weight excluding hydrogens is 464 g/mol. The number of nitrogens with zero attached hydrogens (tertiary/aromatic N) is 2. The van der Waals surface area contributed by atoms with Crippen LogP contribution in [0.2, 0.25) is 0 Å². The third kappa shape index (κ3) is 4.31. The fraction of sp³-hybridized carbons (Fsp3) is 0.105. The van der Waals surface area contributed by atoms with E-state index in [0.717, 1.165) is 18.2 Å². The number of carbonyl (C=O) groups excluding carboxylic acids is 1. The molecule has 0 bridgehead atoms. The molecule has 0 aliphatic rings. The fourth-order valence-corrected chi connectivity index (χ4v) is 4.72. The minimum Gasteiger partial charge on any atom is -0.506 e. The number of hydrogen-bond acceptors (Lipinski definition) is 9. The second-order valence-corrected chi connectivity index (χ2v) is 9.32. The van der Waals surface area contributed by atoms with Crippen LogP contribution in [0.15, 0.2) is 56.4 Å². The van der Waals surface area contributed by atoms with Gasteiger partial charge in [-0.2, -0.15) is 16.8 Å². The number of aromatic hydroxyl groups is 1. The zero-order chi connectivity index (χ0) is 23.8. The predicted octanol–water partition coefficient (Wildman–Crippen LogP) is 3.58. The van der Waals surface area contributed by atoms with Crippen LogP contribution in [0.1, 0.15) is 15.9 Å². The summed E-state index contributed by atoms with van der Waals surface area (Å²) in [5, 5.41) is 18.2. The molecule has 13 heteroatoms. The van der Waals surface area contributed by atoms with Crippen LogP contribution in [0.25, 0.3) is 10.8 Å². The molecule has 0 unspecified atom stereocenters. The quantitative estimate of drug-likeness (QED) is 0.270. The molecule has 0 saturated carbocycles. The SMILES string of the molecule is COc1cc(S(=O)(=O)O)c(C)cc1N=Nc1c(O)ccc2c(S(=O)(=O)O)c(C=O)ccc12. The van der Waals surface area contributed by atoms with Gasteiger partial charge in [0.15, 0.2) is 6.29 Å². The zero-order valence-electron chi connectivity index (χ0n) is 16.5. The predicted molar refractivity (Wildman–Crippen MR) is 113 cm³/mol. The minimum atomic E-state index is -4.79. The molecular formula is C19H16N2O9S2. The van der Waals surface area contributed by atoms with E-state index >= 15 is 0 Å². The minimum absolute atomic E-state index is 0.0476. The van der Waals surface area contributed by atoms with Gasteiger partial charge in [-0.15, -0.1) is 10.2 Å². The maximum absolute atomic E-state index is 11.8. The van der Waals surface area contributed by atoms with Crippen LogP contribution < -0.4 is 4.74 Å². The van der Waals surface area contributed by atoms with Crippen molar-refractivity contribution in [2.45, 2.75) is 16.7 Å². The Morgan fingerprint density at radius 1 is 0.938 bits per heavy atom. The van der Waals surface area contributed by atoms with E-state index in [9.17, 15) is 35.8 Å². The van der Waals surface area contributed by atoms with Crippen molar-refractivity contribution >= 4 is 48.7 Å². The fourth-order valence-electron chi connectivity index (χ4n) is 3.13. The highest BCUT2D eigenvalue weighted by molar-refractivity contribution is 7.86. The second-order valence-electron chi connectivity index (χ2n) is 6.57. The number of benzene rings is 3. The van der Waals surface area contributed by atoms with E-state index in [1.807, 2.05) is 0 Å². The number of aryl methyl sites for hydroxylation is 1. The molecule has 0 spiro atoms. The third-order valence-electron chi connectivity index (χ3n) is 4.53. The highest BCUT2D eigenvalue weighted by Gasteiger charge is 2.22. The number of phenols is 1. The van der Waals surface area contributed by atoms with E-state index < -0.39 is 25.1 Å². The molecule has 0 aliphatic heterocycles. The van der Waals surface area contributed by atoms with Gasteiger partial charge < -0.3 is 9.84 Å². The molecule has 0 radical (unpaired) electrons. The largest absolute Gasteiger partial charge is 0.506 e. The van der Waals surface area contributed by atoms with Gasteiger partial charge >= 0.3 is 0 Å². The average molecular weight is 480 g/mol. The molecule has 0 amide bonds. The van der Waals surface area contributed by atoms with Crippen LogP contribution in [0.5, 0.6) is 11.5 Å². The molecule has 32 heavy (non-hydrogen) atoms. The number of fused-ring (bicyclic) bond motifs is 1. The highest BCUT2D eigenvalue weighted by Crippen LogP contribution is 2.40. The van der Waals surface area contributed by atoms with Gasteiger partial charge in [0.1, 0.15) is 32.7 Å². The normalized spacial score (nSPS) is 12.4. The Bertz CT molecular complexity index is 1500. The summed E-state index contributed by atoms with van der Waals surface area (Å²) in [6.45, 7) is 1.41. The lowest BCUT2D eigenvalue weighted by molar-refractivity contribution is 0.112. The molecule has 0 aromatic heterocycles. The van der Waals surface area contributed by atoms with Gasteiger partial charge in [-0.25, -0.2) is 0 Å². The van der Waals surface area contributed by atoms with Crippen molar-refractivity contribution in [2.75, 3.05) is 7.11 Å². The first-order chi connectivity index (χ1) is 14.9. The van der Waals surface area contributed by atoms with Gasteiger partial charge in [-0.3, -0.25) is 13.9 Å². The number of azo groups is 1. The van der Waals surface area contributed by atoms with Crippen molar-refractivity contribution in [3.8, 4) is 11.5 Å². The molecule has 0 saturated heterocycles. The number of aldehydes is 1. The summed E-state index contributed by atoms with van der Waals surface area (Å²) in [6, 6.07) is 7.11. The lowest BCUT2D eigenvalue weighted by atomic mass is 10.1. The topological polar surface area (TPSA) is 180 Å². The summed E-state index contributed by atoms with van der Waals surface area (Å²) in [5.41, 5.74) is -0.267. The van der Waals surface area contributed by atoms with Crippen molar-refractivity contribution in [3.63, 3.8) is 0 Å². The van der Waals surface area contributed by atoms with E-state index in [1.54, 1.807) is 0 Å². The van der Waals surface area contributed by atoms with Crippen molar-refractivity contribution in [2.24, 2.45) is 10.2 Å². The van der Waals surface area contributed by atoms with E-state index in [-0.39, 0.29) is 56.0 Å². The van der Waals surface area contributed by atoms with Gasteiger partial charge in [0.05, 0.1) is 7.11 Å². The summed E-state index contributed by atoms with van der Waals surface area (Å²) in [6.07, 6.45) is 0.265. The maximum Gasteiger partial charge on any atom is 0.295 e. The molecule has 0 heterocycles. The number of ether oxygens (including phenoxy) is 1. The van der Waals surface area contributed by atoms with Crippen LogP contribution >= 0.6 is 0 Å². The summed E-state index contributed by atoms with van der Waals surface area (Å²) < 4.78 is 70.6. The molecule has 3 aromatic rings. The first-order valence-electron chi connectivity index (χ1n) is 8.67. The molecule has 0 fully saturated rings. The molecule has 168 valence electrons. The van der Waals surface area contributed by atoms with Crippen LogP contribution in [-0.4, -0.2) is 44.4 Å². The molecule has 0 atom stereocenters. The molecule has 11 nitrogen and oxygen atoms in total. The Kier molecular flexibility index (Phi) is 6.02. The van der Waals surface area contributed by atoms with Crippen LogP contribution in [0.4, 0.5) is 11.4 Å². The van der Waals surface area contributed by atoms with E-state index in [1.165, 1.54) is 32.2 Å². The Morgan fingerprint density at radius 2 is 1.59 bits per heavy atom. The average Bonchev–Trinajstić information content (AvgIpc) is 2.70. The van der Waals surface area contributed by atoms with E-state index in [4.69, 9.17) is 4.74 Å². The Labute approximate surface area is 182 Å². The van der Waals surface area contributed by atoms with Gasteiger partial charge in [-0.1, -0.05) is 6.07 Å². The standard InChI is InChI=1S/C19H16N2O9S2/c1-10-7-14(16(30-2)8-17(10)31(24,25)26)20-21-18-12-4-3-11(9-22)19(32(27,28)29)13(12)5-6-15(18)23/h3-9,23H,1-2H3,(H,24,25,26)(H,27,28,29). The lowest BCUT2D eigenvalue weighted by Crippen LogP contribution is -2.03. The van der Waals surface area contributed by atoms with Crippen LogP contribution in [0, 0.1) is 6.92 Å². The smallest absolute Gasteiger partial charge is 0.295 e. The number of methoxy groups -OCH3 is 1. The monoisotopic (exact) mass is 480 g/mol.